The molecule has 4 fully saturated rings. The number of rotatable bonds is 14. The van der Waals surface area contributed by atoms with E-state index in [4.69, 9.17) is 31.4 Å². The minimum absolute atomic E-state index is 0.195. The van der Waals surface area contributed by atoms with E-state index in [0.717, 1.165) is 45.5 Å². The molecule has 0 aromatic rings. The second-order valence-electron chi connectivity index (χ2n) is 14.6. The predicted octanol–water partition coefficient (Wildman–Crippen LogP) is 5.36. The number of hydrogen-bond donors (Lipinski definition) is 3. The van der Waals surface area contributed by atoms with E-state index in [-0.39, 0.29) is 5.41 Å². The van der Waals surface area contributed by atoms with Gasteiger partial charge in [0, 0.05) is 25.2 Å². The average molecular weight is 550 g/mol. The molecule has 4 aliphatic carbocycles. The van der Waals surface area contributed by atoms with Crippen LogP contribution in [0.4, 0.5) is 0 Å². The molecule has 11 atom stereocenters. The summed E-state index contributed by atoms with van der Waals surface area (Å²) in [5.41, 5.74) is 18.1. The van der Waals surface area contributed by atoms with Crippen molar-refractivity contribution in [3.05, 3.63) is 0 Å². The van der Waals surface area contributed by atoms with E-state index in [1.807, 2.05) is 0 Å². The van der Waals surface area contributed by atoms with Crippen LogP contribution >= 0.6 is 0 Å². The summed E-state index contributed by atoms with van der Waals surface area (Å²) in [6, 6.07) is 0. The van der Waals surface area contributed by atoms with Gasteiger partial charge in [-0.15, -0.1) is 0 Å². The third kappa shape index (κ3) is 6.27. The van der Waals surface area contributed by atoms with E-state index < -0.39 is 0 Å². The van der Waals surface area contributed by atoms with Crippen molar-refractivity contribution >= 4 is 0 Å². The molecule has 0 saturated heterocycles. The number of hydrogen-bond acceptors (Lipinski definition) is 6. The maximum absolute atomic E-state index is 6.92. The molecule has 0 radical (unpaired) electrons. The van der Waals surface area contributed by atoms with Crippen LogP contribution in [0.15, 0.2) is 0 Å². The van der Waals surface area contributed by atoms with Gasteiger partial charge in [-0.05, 0) is 131 Å². The van der Waals surface area contributed by atoms with E-state index in [1.54, 1.807) is 0 Å². The molecule has 6 heteroatoms. The highest BCUT2D eigenvalue weighted by Crippen LogP contribution is 2.69. The second-order valence-corrected chi connectivity index (χ2v) is 14.6. The third-order valence-electron chi connectivity index (χ3n) is 12.5. The summed E-state index contributed by atoms with van der Waals surface area (Å²) < 4.78 is 20.1. The summed E-state index contributed by atoms with van der Waals surface area (Å²) in [4.78, 5) is 0. The molecular weight excluding hydrogens is 486 g/mol. The van der Waals surface area contributed by atoms with Crippen LogP contribution in [0.1, 0.15) is 98.8 Å². The van der Waals surface area contributed by atoms with Gasteiger partial charge in [0.05, 0.1) is 18.3 Å². The molecule has 39 heavy (non-hydrogen) atoms. The van der Waals surface area contributed by atoms with Crippen molar-refractivity contribution in [3.63, 3.8) is 0 Å². The number of ether oxygens (including phenoxy) is 3. The first kappa shape index (κ1) is 31.7. The molecule has 228 valence electrons. The second kappa shape index (κ2) is 13.8. The van der Waals surface area contributed by atoms with E-state index in [9.17, 15) is 0 Å². The molecule has 0 spiro atoms. The van der Waals surface area contributed by atoms with Crippen molar-refractivity contribution in [1.29, 1.82) is 0 Å². The Kier molecular flexibility index (Phi) is 11.2. The van der Waals surface area contributed by atoms with Gasteiger partial charge in [-0.1, -0.05) is 34.6 Å². The average Bonchev–Trinajstić information content (AvgIpc) is 3.27. The van der Waals surface area contributed by atoms with E-state index in [2.05, 4.69) is 34.6 Å². The fourth-order valence-electron chi connectivity index (χ4n) is 9.99. The fourth-order valence-corrected chi connectivity index (χ4v) is 9.99. The summed E-state index contributed by atoms with van der Waals surface area (Å²) in [7, 11) is 0. The van der Waals surface area contributed by atoms with Gasteiger partial charge in [-0.3, -0.25) is 0 Å². The largest absolute Gasteiger partial charge is 0.378 e. The summed E-state index contributed by atoms with van der Waals surface area (Å²) in [5.74, 6) is 4.63. The van der Waals surface area contributed by atoms with E-state index in [0.29, 0.717) is 84.8 Å². The van der Waals surface area contributed by atoms with Gasteiger partial charge in [-0.2, -0.15) is 0 Å². The van der Waals surface area contributed by atoms with Crippen LogP contribution in [0.25, 0.3) is 0 Å². The smallest absolute Gasteiger partial charge is 0.0637 e. The Morgan fingerprint density at radius 2 is 1.38 bits per heavy atom. The molecule has 0 aromatic carbocycles. The molecular formula is C33H63N3O3. The first-order valence-corrected chi connectivity index (χ1v) is 16.7. The first-order valence-electron chi connectivity index (χ1n) is 16.7. The standard InChI is InChI=1S/C33H63N3O3/c1-22(2)23(3)26-9-10-27-31-28(21-30(33(26,27)5)39-18-8-15-36)32(4)12-11-25(37-16-6-13-34)19-24(32)20-29(31)38-17-7-14-35/h22-31H,6-21,34-36H2,1-5H3. The molecule has 0 aliphatic heterocycles. The van der Waals surface area contributed by atoms with Crippen molar-refractivity contribution in [2.75, 3.05) is 39.5 Å². The number of nitrogens with two attached hydrogens (primary N) is 3. The Morgan fingerprint density at radius 1 is 0.744 bits per heavy atom. The Hall–Kier alpha value is -0.240. The van der Waals surface area contributed by atoms with Gasteiger partial charge in [-0.25, -0.2) is 0 Å². The van der Waals surface area contributed by atoms with E-state index >= 15 is 0 Å². The maximum Gasteiger partial charge on any atom is 0.0637 e. The molecule has 4 rings (SSSR count). The Labute approximate surface area is 240 Å². The highest BCUT2D eigenvalue weighted by Gasteiger charge is 2.66. The van der Waals surface area contributed by atoms with Crippen LogP contribution in [-0.2, 0) is 14.2 Å². The number of fused-ring (bicyclic) bond motifs is 5. The summed E-state index contributed by atoms with van der Waals surface area (Å²) >= 11 is 0. The van der Waals surface area contributed by atoms with E-state index in [1.165, 1.54) is 38.5 Å². The van der Waals surface area contributed by atoms with Crippen LogP contribution in [0.2, 0.25) is 0 Å². The lowest BCUT2D eigenvalue weighted by molar-refractivity contribution is -0.228. The molecule has 6 N–H and O–H groups in total. The van der Waals surface area contributed by atoms with Crippen molar-refractivity contribution in [2.45, 2.75) is 117 Å². The molecule has 0 aromatic heterocycles. The fraction of sp³-hybridized carbons (Fsp3) is 1.00. The zero-order valence-electron chi connectivity index (χ0n) is 26.0. The Bertz CT molecular complexity index is 752. The van der Waals surface area contributed by atoms with Crippen molar-refractivity contribution in [1.82, 2.24) is 0 Å². The van der Waals surface area contributed by atoms with Crippen LogP contribution in [0.5, 0.6) is 0 Å². The minimum atomic E-state index is 0.195. The lowest BCUT2D eigenvalue weighted by atomic mass is 9.43. The molecule has 4 saturated carbocycles. The topological polar surface area (TPSA) is 106 Å². The molecule has 6 nitrogen and oxygen atoms in total. The van der Waals surface area contributed by atoms with Gasteiger partial charge < -0.3 is 31.4 Å². The lowest BCUT2D eigenvalue weighted by Gasteiger charge is -2.65. The third-order valence-corrected chi connectivity index (χ3v) is 12.5. The quantitative estimate of drug-likeness (QED) is 0.252. The maximum atomic E-state index is 6.92. The van der Waals surface area contributed by atoms with Crippen LogP contribution in [0.3, 0.4) is 0 Å². The minimum Gasteiger partial charge on any atom is -0.378 e. The predicted molar refractivity (Wildman–Crippen MR) is 160 cm³/mol. The van der Waals surface area contributed by atoms with Gasteiger partial charge in [0.2, 0.25) is 0 Å². The van der Waals surface area contributed by atoms with Gasteiger partial charge in [0.1, 0.15) is 0 Å². The zero-order chi connectivity index (χ0) is 28.2. The van der Waals surface area contributed by atoms with Crippen molar-refractivity contribution < 1.29 is 14.2 Å². The van der Waals surface area contributed by atoms with Crippen LogP contribution < -0.4 is 17.2 Å². The monoisotopic (exact) mass is 549 g/mol. The van der Waals surface area contributed by atoms with Crippen LogP contribution in [-0.4, -0.2) is 57.8 Å². The zero-order valence-corrected chi connectivity index (χ0v) is 26.0. The Balaban J connectivity index is 1.65. The van der Waals surface area contributed by atoms with Gasteiger partial charge in [0.25, 0.3) is 0 Å². The van der Waals surface area contributed by atoms with Crippen molar-refractivity contribution in [3.8, 4) is 0 Å². The molecule has 0 amide bonds. The van der Waals surface area contributed by atoms with Crippen molar-refractivity contribution in [2.24, 2.45) is 69.5 Å². The normalized spacial score (nSPS) is 42.7. The molecule has 0 heterocycles. The lowest BCUT2D eigenvalue weighted by Crippen LogP contribution is -2.63. The SMILES string of the molecule is CC(C)C(C)C1CCC2C3C(OCCCN)CC4CC(OCCCN)CCC4(C)C3CC(OCCCN)C12C. The summed E-state index contributed by atoms with van der Waals surface area (Å²) in [6.07, 6.45) is 12.4. The molecule has 11 unspecified atom stereocenters. The van der Waals surface area contributed by atoms with Crippen LogP contribution in [0, 0.1) is 52.3 Å². The summed E-state index contributed by atoms with van der Waals surface area (Å²) in [6.45, 7) is 17.1. The van der Waals surface area contributed by atoms with Gasteiger partial charge in [0.15, 0.2) is 0 Å². The highest BCUT2D eigenvalue weighted by molar-refractivity contribution is 5.15. The molecule has 0 bridgehead atoms. The highest BCUT2D eigenvalue weighted by atomic mass is 16.5. The van der Waals surface area contributed by atoms with Gasteiger partial charge >= 0.3 is 0 Å². The Morgan fingerprint density at radius 3 is 2.03 bits per heavy atom. The summed E-state index contributed by atoms with van der Waals surface area (Å²) in [5, 5.41) is 0. The molecule has 4 aliphatic rings. The first-order chi connectivity index (χ1) is 18.7.